The Bertz CT molecular complexity index is 579. The first-order chi connectivity index (χ1) is 8.38. The van der Waals surface area contributed by atoms with E-state index in [-0.39, 0.29) is 5.82 Å². The van der Waals surface area contributed by atoms with Crippen molar-refractivity contribution in [3.05, 3.63) is 47.9 Å². The highest BCUT2D eigenvalue weighted by atomic mass is 19.4. The van der Waals surface area contributed by atoms with E-state index >= 15 is 0 Å². The number of nitrogens with zero attached hydrogens (tertiary/aromatic N) is 1. The summed E-state index contributed by atoms with van der Waals surface area (Å²) in [6.07, 6.45) is -3.29. The molecule has 2 aromatic rings. The zero-order chi connectivity index (χ0) is 13.3. The van der Waals surface area contributed by atoms with Crippen LogP contribution in [0.25, 0.3) is 11.1 Å². The summed E-state index contributed by atoms with van der Waals surface area (Å²) in [6, 6.07) is 5.74. The van der Waals surface area contributed by atoms with E-state index in [1.165, 1.54) is 18.3 Å². The second-order valence-electron chi connectivity index (χ2n) is 3.66. The Morgan fingerprint density at radius 1 is 1.00 bits per heavy atom. The van der Waals surface area contributed by atoms with E-state index in [4.69, 9.17) is 5.73 Å². The normalized spacial score (nSPS) is 11.6. The summed E-state index contributed by atoms with van der Waals surface area (Å²) in [7, 11) is 0. The fraction of sp³-hybridized carbons (Fsp3) is 0.0833. The van der Waals surface area contributed by atoms with E-state index < -0.39 is 17.6 Å². The zero-order valence-electron chi connectivity index (χ0n) is 9.00. The maximum atomic E-state index is 13.4. The minimum absolute atomic E-state index is 0.216. The van der Waals surface area contributed by atoms with Crippen molar-refractivity contribution in [2.24, 2.45) is 0 Å². The number of halogens is 4. The summed E-state index contributed by atoms with van der Waals surface area (Å²) in [6.45, 7) is 0. The van der Waals surface area contributed by atoms with Crippen molar-refractivity contribution in [3.63, 3.8) is 0 Å². The van der Waals surface area contributed by atoms with Crippen LogP contribution in [-0.2, 0) is 6.18 Å². The van der Waals surface area contributed by atoms with Gasteiger partial charge in [0, 0.05) is 6.20 Å². The van der Waals surface area contributed by atoms with Crippen LogP contribution in [0, 0.1) is 5.82 Å². The van der Waals surface area contributed by atoms with E-state index in [1.54, 1.807) is 6.07 Å². The van der Waals surface area contributed by atoms with Crippen LogP contribution in [0.4, 0.5) is 23.4 Å². The molecule has 2 rings (SSSR count). The molecule has 0 saturated heterocycles. The molecule has 94 valence electrons. The lowest BCUT2D eigenvalue weighted by molar-refractivity contribution is -0.139. The Kier molecular flexibility index (Phi) is 2.94. The van der Waals surface area contributed by atoms with E-state index in [0.29, 0.717) is 17.2 Å². The molecule has 2 nitrogen and oxygen atoms in total. The van der Waals surface area contributed by atoms with Gasteiger partial charge in [0.2, 0.25) is 0 Å². The Hall–Kier alpha value is -2.11. The number of aromatic nitrogens is 1. The lowest BCUT2D eigenvalue weighted by Gasteiger charge is -2.09. The molecular formula is C12H8F4N2. The maximum absolute atomic E-state index is 13.4. The molecule has 0 aliphatic heterocycles. The maximum Gasteiger partial charge on any atom is 0.419 e. The van der Waals surface area contributed by atoms with Crippen LogP contribution in [0.2, 0.25) is 0 Å². The Morgan fingerprint density at radius 3 is 2.22 bits per heavy atom. The average Bonchev–Trinajstić information content (AvgIpc) is 2.27. The third kappa shape index (κ3) is 2.42. The predicted molar refractivity (Wildman–Crippen MR) is 59.0 cm³/mol. The molecular weight excluding hydrogens is 248 g/mol. The number of rotatable bonds is 1. The van der Waals surface area contributed by atoms with Gasteiger partial charge in [-0.05, 0) is 35.4 Å². The van der Waals surface area contributed by atoms with Crippen LogP contribution in [0.3, 0.4) is 0 Å². The van der Waals surface area contributed by atoms with Gasteiger partial charge in [-0.1, -0.05) is 6.07 Å². The number of pyridine rings is 1. The highest BCUT2D eigenvalue weighted by Crippen LogP contribution is 2.33. The molecule has 0 aliphatic carbocycles. The third-order valence-corrected chi connectivity index (χ3v) is 2.39. The molecule has 0 radical (unpaired) electrons. The molecule has 18 heavy (non-hydrogen) atoms. The quantitative estimate of drug-likeness (QED) is 0.793. The number of nitrogens with two attached hydrogens (primary N) is 1. The summed E-state index contributed by atoms with van der Waals surface area (Å²) in [5, 5.41) is 0. The smallest absolute Gasteiger partial charge is 0.384 e. The molecule has 0 atom stereocenters. The number of hydrogen-bond donors (Lipinski definition) is 1. The van der Waals surface area contributed by atoms with Crippen molar-refractivity contribution in [1.29, 1.82) is 0 Å². The monoisotopic (exact) mass is 256 g/mol. The second-order valence-corrected chi connectivity index (χ2v) is 3.66. The van der Waals surface area contributed by atoms with Crippen molar-refractivity contribution in [2.75, 3.05) is 5.73 Å². The van der Waals surface area contributed by atoms with E-state index in [1.807, 2.05) is 0 Å². The standard InChI is InChI=1S/C12H8F4N2/c13-10-5-7(1-2-9(10)12(14,15)16)8-3-4-18-11(17)6-8/h1-6H,(H2,17,18). The molecule has 0 bridgehead atoms. The van der Waals surface area contributed by atoms with Crippen LogP contribution < -0.4 is 5.73 Å². The summed E-state index contributed by atoms with van der Waals surface area (Å²) in [5.74, 6) is -1.09. The Morgan fingerprint density at radius 2 is 1.67 bits per heavy atom. The van der Waals surface area contributed by atoms with E-state index in [9.17, 15) is 17.6 Å². The zero-order valence-corrected chi connectivity index (χ0v) is 9.00. The van der Waals surface area contributed by atoms with Gasteiger partial charge in [0.1, 0.15) is 11.6 Å². The Labute approximate surface area is 100 Å². The Balaban J connectivity index is 2.47. The summed E-state index contributed by atoms with van der Waals surface area (Å²) < 4.78 is 50.5. The molecule has 6 heteroatoms. The lowest BCUT2D eigenvalue weighted by atomic mass is 10.0. The summed E-state index contributed by atoms with van der Waals surface area (Å²) in [5.41, 5.74) is 4.99. The molecule has 1 aromatic carbocycles. The van der Waals surface area contributed by atoms with Gasteiger partial charge in [0.25, 0.3) is 0 Å². The molecule has 1 aromatic heterocycles. The van der Waals surface area contributed by atoms with Crippen LogP contribution >= 0.6 is 0 Å². The van der Waals surface area contributed by atoms with Crippen molar-refractivity contribution in [3.8, 4) is 11.1 Å². The average molecular weight is 256 g/mol. The SMILES string of the molecule is Nc1cc(-c2ccc(C(F)(F)F)c(F)c2)ccn1. The first-order valence-electron chi connectivity index (χ1n) is 4.96. The summed E-state index contributed by atoms with van der Waals surface area (Å²) >= 11 is 0. The molecule has 0 amide bonds. The van der Waals surface area contributed by atoms with Gasteiger partial charge < -0.3 is 5.73 Å². The number of hydrogen-bond acceptors (Lipinski definition) is 2. The topological polar surface area (TPSA) is 38.9 Å². The van der Waals surface area contributed by atoms with Crippen LogP contribution in [-0.4, -0.2) is 4.98 Å². The van der Waals surface area contributed by atoms with Gasteiger partial charge >= 0.3 is 6.18 Å². The van der Waals surface area contributed by atoms with Crippen LogP contribution in [0.1, 0.15) is 5.56 Å². The fourth-order valence-corrected chi connectivity index (χ4v) is 1.55. The molecule has 2 N–H and O–H groups in total. The van der Waals surface area contributed by atoms with E-state index in [2.05, 4.69) is 4.98 Å². The van der Waals surface area contributed by atoms with Crippen molar-refractivity contribution >= 4 is 5.82 Å². The molecule has 0 saturated carbocycles. The van der Waals surface area contributed by atoms with Gasteiger partial charge in [-0.25, -0.2) is 9.37 Å². The minimum Gasteiger partial charge on any atom is -0.384 e. The van der Waals surface area contributed by atoms with Gasteiger partial charge in [-0.3, -0.25) is 0 Å². The molecule has 0 spiro atoms. The predicted octanol–water partition coefficient (Wildman–Crippen LogP) is 3.49. The molecule has 0 aliphatic rings. The van der Waals surface area contributed by atoms with Crippen molar-refractivity contribution < 1.29 is 17.6 Å². The van der Waals surface area contributed by atoms with Crippen molar-refractivity contribution in [2.45, 2.75) is 6.18 Å². The van der Waals surface area contributed by atoms with Crippen LogP contribution in [0.5, 0.6) is 0 Å². The molecule has 0 fully saturated rings. The fourth-order valence-electron chi connectivity index (χ4n) is 1.55. The summed E-state index contributed by atoms with van der Waals surface area (Å²) in [4.78, 5) is 3.75. The highest BCUT2D eigenvalue weighted by molar-refractivity contribution is 5.66. The van der Waals surface area contributed by atoms with Gasteiger partial charge in [0.15, 0.2) is 0 Å². The lowest BCUT2D eigenvalue weighted by Crippen LogP contribution is -2.07. The number of benzene rings is 1. The minimum atomic E-state index is -4.69. The molecule has 1 heterocycles. The molecule has 0 unspecified atom stereocenters. The largest absolute Gasteiger partial charge is 0.419 e. The first-order valence-corrected chi connectivity index (χ1v) is 4.96. The number of alkyl halides is 3. The van der Waals surface area contributed by atoms with Crippen molar-refractivity contribution in [1.82, 2.24) is 4.98 Å². The van der Waals surface area contributed by atoms with Gasteiger partial charge in [0.05, 0.1) is 5.56 Å². The number of nitrogen functional groups attached to an aromatic ring is 1. The van der Waals surface area contributed by atoms with E-state index in [0.717, 1.165) is 6.07 Å². The van der Waals surface area contributed by atoms with Gasteiger partial charge in [-0.15, -0.1) is 0 Å². The number of anilines is 1. The highest BCUT2D eigenvalue weighted by Gasteiger charge is 2.33. The second kappa shape index (κ2) is 4.29. The van der Waals surface area contributed by atoms with Crippen LogP contribution in [0.15, 0.2) is 36.5 Å². The first kappa shape index (κ1) is 12.3. The third-order valence-electron chi connectivity index (χ3n) is 2.39. The van der Waals surface area contributed by atoms with Gasteiger partial charge in [-0.2, -0.15) is 13.2 Å².